The van der Waals surface area contributed by atoms with E-state index in [1.807, 2.05) is 30.3 Å². The van der Waals surface area contributed by atoms with Crippen LogP contribution in [0.4, 0.5) is 0 Å². The first-order valence-electron chi connectivity index (χ1n) is 6.44. The van der Waals surface area contributed by atoms with Crippen LogP contribution in [-0.4, -0.2) is 11.1 Å². The lowest BCUT2D eigenvalue weighted by atomic mass is 10.0. The van der Waals surface area contributed by atoms with Crippen LogP contribution in [0.15, 0.2) is 40.8 Å². The number of hydrogen-bond acceptors (Lipinski definition) is 3. The Morgan fingerprint density at radius 3 is 2.70 bits per heavy atom. The van der Waals surface area contributed by atoms with E-state index in [0.29, 0.717) is 18.2 Å². The number of fused-ring (bicyclic) bond motifs is 1. The third kappa shape index (κ3) is 2.44. The summed E-state index contributed by atoms with van der Waals surface area (Å²) >= 11 is 5.73. The van der Waals surface area contributed by atoms with Crippen LogP contribution in [0.5, 0.6) is 0 Å². The molecule has 4 nitrogen and oxygen atoms in total. The van der Waals surface area contributed by atoms with Gasteiger partial charge in [-0.15, -0.1) is 0 Å². The molecule has 0 aliphatic heterocycles. The second-order valence-corrected chi connectivity index (χ2v) is 5.27. The zero-order valence-corrected chi connectivity index (χ0v) is 11.4. The highest BCUT2D eigenvalue weighted by atomic mass is 35.5. The molecule has 5 heteroatoms. The van der Waals surface area contributed by atoms with Crippen molar-refractivity contribution < 1.29 is 14.3 Å². The smallest absolute Gasteiger partial charge is 0.311 e. The third-order valence-electron chi connectivity index (χ3n) is 3.67. The standard InChI is InChI=1S/C15H14ClNO3/c16-14-6-5-9(20-14)8-17-13-7-12(15(18)19)10-3-1-2-4-11(10)13/h1-6,12-13,17H,7-8H2,(H,18,19)/t12-,13+/m1/s1. The number of halogens is 1. The molecular formula is C15H14ClNO3. The van der Waals surface area contributed by atoms with E-state index >= 15 is 0 Å². The molecule has 0 saturated heterocycles. The van der Waals surface area contributed by atoms with Gasteiger partial charge in [0.2, 0.25) is 0 Å². The van der Waals surface area contributed by atoms with Crippen molar-refractivity contribution in [2.24, 2.45) is 0 Å². The number of carbonyl (C=O) groups is 1. The van der Waals surface area contributed by atoms with E-state index in [1.54, 1.807) is 6.07 Å². The molecule has 0 fully saturated rings. The number of nitrogens with one attached hydrogen (secondary N) is 1. The minimum Gasteiger partial charge on any atom is -0.481 e. The van der Waals surface area contributed by atoms with Gasteiger partial charge in [-0.1, -0.05) is 24.3 Å². The van der Waals surface area contributed by atoms with Gasteiger partial charge in [0.05, 0.1) is 12.5 Å². The van der Waals surface area contributed by atoms with Gasteiger partial charge in [-0.3, -0.25) is 4.79 Å². The largest absolute Gasteiger partial charge is 0.481 e. The van der Waals surface area contributed by atoms with Gasteiger partial charge in [-0.25, -0.2) is 0 Å². The van der Waals surface area contributed by atoms with Crippen LogP contribution in [0.2, 0.25) is 5.22 Å². The Balaban J connectivity index is 1.76. The quantitative estimate of drug-likeness (QED) is 0.907. The number of furan rings is 1. The van der Waals surface area contributed by atoms with Gasteiger partial charge in [0.15, 0.2) is 5.22 Å². The summed E-state index contributed by atoms with van der Waals surface area (Å²) in [4.78, 5) is 11.3. The molecular weight excluding hydrogens is 278 g/mol. The summed E-state index contributed by atoms with van der Waals surface area (Å²) < 4.78 is 5.29. The van der Waals surface area contributed by atoms with Gasteiger partial charge in [0.1, 0.15) is 5.76 Å². The molecule has 1 heterocycles. The maximum atomic E-state index is 11.3. The van der Waals surface area contributed by atoms with Crippen molar-refractivity contribution >= 4 is 17.6 Å². The molecule has 1 aromatic heterocycles. The maximum Gasteiger partial charge on any atom is 0.311 e. The van der Waals surface area contributed by atoms with E-state index in [4.69, 9.17) is 16.0 Å². The fourth-order valence-corrected chi connectivity index (χ4v) is 2.89. The second kappa shape index (κ2) is 5.31. The van der Waals surface area contributed by atoms with E-state index in [0.717, 1.165) is 16.9 Å². The summed E-state index contributed by atoms with van der Waals surface area (Å²) in [7, 11) is 0. The minimum atomic E-state index is -0.775. The van der Waals surface area contributed by atoms with Gasteiger partial charge in [-0.2, -0.15) is 0 Å². The van der Waals surface area contributed by atoms with E-state index in [2.05, 4.69) is 5.32 Å². The summed E-state index contributed by atoms with van der Waals surface area (Å²) in [6.45, 7) is 0.526. The van der Waals surface area contributed by atoms with E-state index < -0.39 is 11.9 Å². The van der Waals surface area contributed by atoms with Crippen LogP contribution in [-0.2, 0) is 11.3 Å². The molecule has 2 aromatic rings. The van der Waals surface area contributed by atoms with Crippen LogP contribution in [0, 0.1) is 0 Å². The lowest BCUT2D eigenvalue weighted by Gasteiger charge is -2.12. The van der Waals surface area contributed by atoms with Gasteiger partial charge >= 0.3 is 5.97 Å². The first-order chi connectivity index (χ1) is 9.65. The number of carboxylic acids is 1. The number of aliphatic carboxylic acids is 1. The van der Waals surface area contributed by atoms with Gasteiger partial charge < -0.3 is 14.8 Å². The SMILES string of the molecule is O=C(O)[C@@H]1C[C@H](NCc2ccc(Cl)o2)c2ccccc21. The van der Waals surface area contributed by atoms with Crippen molar-refractivity contribution in [2.45, 2.75) is 24.9 Å². The Kier molecular flexibility index (Phi) is 3.51. The average molecular weight is 292 g/mol. The summed E-state index contributed by atoms with van der Waals surface area (Å²) in [5, 5.41) is 13.0. The molecule has 0 spiro atoms. The summed E-state index contributed by atoms with van der Waals surface area (Å²) in [5.41, 5.74) is 1.95. The molecule has 104 valence electrons. The average Bonchev–Trinajstić information content (AvgIpc) is 3.00. The topological polar surface area (TPSA) is 62.5 Å². The lowest BCUT2D eigenvalue weighted by molar-refractivity contribution is -0.138. The summed E-state index contributed by atoms with van der Waals surface area (Å²) in [6.07, 6.45) is 0.559. The molecule has 20 heavy (non-hydrogen) atoms. The van der Waals surface area contributed by atoms with Crippen molar-refractivity contribution in [1.82, 2.24) is 5.32 Å². The number of carboxylic acid groups (broad SMARTS) is 1. The fraction of sp³-hybridized carbons (Fsp3) is 0.267. The number of rotatable bonds is 4. The molecule has 0 amide bonds. The zero-order chi connectivity index (χ0) is 14.1. The van der Waals surface area contributed by atoms with Crippen molar-refractivity contribution in [2.75, 3.05) is 0 Å². The van der Waals surface area contributed by atoms with Crippen LogP contribution >= 0.6 is 11.6 Å². The van der Waals surface area contributed by atoms with Crippen LogP contribution in [0.1, 0.15) is 35.3 Å². The van der Waals surface area contributed by atoms with Crippen molar-refractivity contribution in [3.63, 3.8) is 0 Å². The van der Waals surface area contributed by atoms with Gasteiger partial charge in [0.25, 0.3) is 0 Å². The first-order valence-corrected chi connectivity index (χ1v) is 6.82. The maximum absolute atomic E-state index is 11.3. The lowest BCUT2D eigenvalue weighted by Crippen LogP contribution is -2.19. The van der Waals surface area contributed by atoms with E-state index in [9.17, 15) is 9.90 Å². The molecule has 0 radical (unpaired) electrons. The van der Waals surface area contributed by atoms with Crippen molar-refractivity contribution in [3.8, 4) is 0 Å². The monoisotopic (exact) mass is 291 g/mol. The minimum absolute atomic E-state index is 0.0242. The highest BCUT2D eigenvalue weighted by Gasteiger charge is 2.34. The second-order valence-electron chi connectivity index (χ2n) is 4.89. The Morgan fingerprint density at radius 1 is 1.30 bits per heavy atom. The predicted molar refractivity (Wildman–Crippen MR) is 74.7 cm³/mol. The zero-order valence-electron chi connectivity index (χ0n) is 10.7. The molecule has 0 bridgehead atoms. The Morgan fingerprint density at radius 2 is 2.05 bits per heavy atom. The van der Waals surface area contributed by atoms with Crippen molar-refractivity contribution in [1.29, 1.82) is 0 Å². The molecule has 0 unspecified atom stereocenters. The van der Waals surface area contributed by atoms with Gasteiger partial charge in [-0.05, 0) is 41.3 Å². The van der Waals surface area contributed by atoms with Crippen molar-refractivity contribution in [3.05, 3.63) is 58.5 Å². The van der Waals surface area contributed by atoms with E-state index in [1.165, 1.54) is 0 Å². The Hall–Kier alpha value is -1.78. The molecule has 1 aromatic carbocycles. The first kappa shape index (κ1) is 13.2. The van der Waals surface area contributed by atoms with E-state index in [-0.39, 0.29) is 6.04 Å². The molecule has 2 atom stereocenters. The normalized spacial score (nSPS) is 20.9. The predicted octanol–water partition coefficient (Wildman–Crippen LogP) is 3.34. The number of benzene rings is 1. The molecule has 2 N–H and O–H groups in total. The highest BCUT2D eigenvalue weighted by molar-refractivity contribution is 6.28. The summed E-state index contributed by atoms with van der Waals surface area (Å²) in [5.74, 6) is -0.474. The van der Waals surface area contributed by atoms with Crippen LogP contribution in [0.25, 0.3) is 0 Å². The Bertz CT molecular complexity index is 638. The summed E-state index contributed by atoms with van der Waals surface area (Å²) in [6, 6.07) is 11.2. The fourth-order valence-electron chi connectivity index (χ4n) is 2.73. The van der Waals surface area contributed by atoms with Crippen LogP contribution < -0.4 is 5.32 Å². The molecule has 0 saturated carbocycles. The number of hydrogen-bond donors (Lipinski definition) is 2. The molecule has 1 aliphatic rings. The molecule has 1 aliphatic carbocycles. The van der Waals surface area contributed by atoms with Gasteiger partial charge in [0, 0.05) is 6.04 Å². The van der Waals surface area contributed by atoms with Crippen LogP contribution in [0.3, 0.4) is 0 Å². The highest BCUT2D eigenvalue weighted by Crippen LogP contribution is 2.40. The molecule has 3 rings (SSSR count). The third-order valence-corrected chi connectivity index (χ3v) is 3.87. The Labute approximate surface area is 121 Å².